The molecule has 136 valence electrons. The van der Waals surface area contributed by atoms with Gasteiger partial charge in [0.15, 0.2) is 0 Å². The molecule has 1 rings (SSSR count). The number of esters is 1. The fourth-order valence-corrected chi connectivity index (χ4v) is 2.47. The zero-order chi connectivity index (χ0) is 19.1. The van der Waals surface area contributed by atoms with Gasteiger partial charge in [0.2, 0.25) is 5.91 Å². The number of hydrogen-bond donors (Lipinski definition) is 0. The first-order valence-electron chi connectivity index (χ1n) is 8.20. The lowest BCUT2D eigenvalue weighted by Gasteiger charge is -2.26. The van der Waals surface area contributed by atoms with Crippen molar-refractivity contribution in [1.82, 2.24) is 9.47 Å². The van der Waals surface area contributed by atoms with Crippen LogP contribution < -0.4 is 5.56 Å². The van der Waals surface area contributed by atoms with E-state index in [1.165, 1.54) is 19.4 Å². The van der Waals surface area contributed by atoms with Crippen LogP contribution in [0.2, 0.25) is 0 Å². The summed E-state index contributed by atoms with van der Waals surface area (Å²) in [7, 11) is 1.21. The van der Waals surface area contributed by atoms with Crippen LogP contribution in [0.25, 0.3) is 0 Å². The first-order chi connectivity index (χ1) is 11.7. The van der Waals surface area contributed by atoms with Gasteiger partial charge in [-0.05, 0) is 17.9 Å². The zero-order valence-corrected chi connectivity index (χ0v) is 15.4. The van der Waals surface area contributed by atoms with Crippen LogP contribution in [0.5, 0.6) is 0 Å². The number of ether oxygens (including phenoxy) is 1. The molecular weight excluding hydrogens is 322 g/mol. The SMILES string of the molecule is COC(=O)c1cc(C#N)c(=O)n(CC(=O)N(CC(C)C)CC(C)C)c1. The molecule has 0 spiro atoms. The number of amides is 1. The zero-order valence-electron chi connectivity index (χ0n) is 15.4. The number of carbonyl (C=O) groups is 2. The lowest BCUT2D eigenvalue weighted by Crippen LogP contribution is -2.41. The number of hydrogen-bond acceptors (Lipinski definition) is 5. The lowest BCUT2D eigenvalue weighted by atomic mass is 10.1. The monoisotopic (exact) mass is 347 g/mol. The fourth-order valence-electron chi connectivity index (χ4n) is 2.47. The van der Waals surface area contributed by atoms with Crippen molar-refractivity contribution in [3.05, 3.63) is 33.7 Å². The first-order valence-corrected chi connectivity index (χ1v) is 8.20. The fraction of sp³-hybridized carbons (Fsp3) is 0.556. The number of nitrogens with zero attached hydrogens (tertiary/aromatic N) is 3. The molecule has 7 heteroatoms. The van der Waals surface area contributed by atoms with Crippen LogP contribution in [0, 0.1) is 23.2 Å². The van der Waals surface area contributed by atoms with Gasteiger partial charge in [-0.25, -0.2) is 4.79 Å². The predicted molar refractivity (Wildman–Crippen MR) is 93.0 cm³/mol. The van der Waals surface area contributed by atoms with E-state index in [-0.39, 0.29) is 35.4 Å². The molecule has 1 aromatic rings. The second-order valence-electron chi connectivity index (χ2n) is 6.77. The number of rotatable bonds is 7. The van der Waals surface area contributed by atoms with Crippen molar-refractivity contribution in [2.24, 2.45) is 11.8 Å². The molecule has 0 bridgehead atoms. The summed E-state index contributed by atoms with van der Waals surface area (Å²) in [5, 5.41) is 9.09. The summed E-state index contributed by atoms with van der Waals surface area (Å²) in [6, 6.07) is 2.93. The van der Waals surface area contributed by atoms with E-state index in [4.69, 9.17) is 5.26 Å². The summed E-state index contributed by atoms with van der Waals surface area (Å²) < 4.78 is 5.73. The molecule has 0 saturated heterocycles. The van der Waals surface area contributed by atoms with E-state index >= 15 is 0 Å². The first kappa shape index (κ1) is 20.4. The van der Waals surface area contributed by atoms with Crippen LogP contribution in [0.4, 0.5) is 0 Å². The van der Waals surface area contributed by atoms with E-state index in [0.717, 1.165) is 4.57 Å². The highest BCUT2D eigenvalue weighted by Crippen LogP contribution is 2.07. The third-order valence-electron chi connectivity index (χ3n) is 3.46. The number of nitriles is 1. The molecule has 0 atom stereocenters. The highest BCUT2D eigenvalue weighted by Gasteiger charge is 2.19. The minimum absolute atomic E-state index is 0.0609. The van der Waals surface area contributed by atoms with Gasteiger partial charge in [0.1, 0.15) is 18.2 Å². The normalized spacial score (nSPS) is 10.6. The average molecular weight is 347 g/mol. The Morgan fingerprint density at radius 1 is 1.24 bits per heavy atom. The molecule has 1 heterocycles. The maximum atomic E-state index is 12.7. The van der Waals surface area contributed by atoms with Gasteiger partial charge in [-0.1, -0.05) is 27.7 Å². The van der Waals surface area contributed by atoms with E-state index in [1.807, 2.05) is 27.7 Å². The molecule has 0 fully saturated rings. The highest BCUT2D eigenvalue weighted by atomic mass is 16.5. The summed E-state index contributed by atoms with van der Waals surface area (Å²) in [5.41, 5.74) is -0.738. The minimum Gasteiger partial charge on any atom is -0.465 e. The van der Waals surface area contributed by atoms with Gasteiger partial charge in [0.05, 0.1) is 12.7 Å². The largest absolute Gasteiger partial charge is 0.465 e. The van der Waals surface area contributed by atoms with Crippen molar-refractivity contribution in [2.75, 3.05) is 20.2 Å². The van der Waals surface area contributed by atoms with E-state index in [1.54, 1.807) is 11.0 Å². The Labute approximate surface area is 147 Å². The molecule has 0 aliphatic heterocycles. The van der Waals surface area contributed by atoms with E-state index in [9.17, 15) is 14.4 Å². The number of carbonyl (C=O) groups excluding carboxylic acids is 2. The summed E-state index contributed by atoms with van der Waals surface area (Å²) in [6.07, 6.45) is 1.26. The van der Waals surface area contributed by atoms with Gasteiger partial charge < -0.3 is 14.2 Å². The van der Waals surface area contributed by atoms with E-state index in [2.05, 4.69) is 4.74 Å². The van der Waals surface area contributed by atoms with Crippen molar-refractivity contribution in [1.29, 1.82) is 5.26 Å². The molecule has 0 radical (unpaired) electrons. The quantitative estimate of drug-likeness (QED) is 0.699. The van der Waals surface area contributed by atoms with Crippen LogP contribution in [-0.4, -0.2) is 41.5 Å². The molecule has 0 aliphatic carbocycles. The Hall–Kier alpha value is -2.62. The van der Waals surface area contributed by atoms with Crippen LogP contribution >= 0.6 is 0 Å². The topological polar surface area (TPSA) is 92.4 Å². The summed E-state index contributed by atoms with van der Waals surface area (Å²) in [6.45, 7) is 8.98. The summed E-state index contributed by atoms with van der Waals surface area (Å²) in [4.78, 5) is 38.4. The molecule has 7 nitrogen and oxygen atoms in total. The molecule has 1 aromatic heterocycles. The molecule has 0 saturated carbocycles. The third-order valence-corrected chi connectivity index (χ3v) is 3.46. The summed E-state index contributed by atoms with van der Waals surface area (Å²) in [5.74, 6) is -0.319. The Morgan fingerprint density at radius 3 is 2.24 bits per heavy atom. The van der Waals surface area contributed by atoms with Crippen molar-refractivity contribution in [3.8, 4) is 6.07 Å². The van der Waals surface area contributed by atoms with Gasteiger partial charge in [-0.15, -0.1) is 0 Å². The molecule has 0 N–H and O–H groups in total. The van der Waals surface area contributed by atoms with Crippen LogP contribution in [-0.2, 0) is 16.1 Å². The Morgan fingerprint density at radius 2 is 1.80 bits per heavy atom. The number of methoxy groups -OCH3 is 1. The molecule has 0 aliphatic rings. The number of pyridine rings is 1. The van der Waals surface area contributed by atoms with E-state index < -0.39 is 11.5 Å². The van der Waals surface area contributed by atoms with Gasteiger partial charge in [-0.2, -0.15) is 5.26 Å². The standard InChI is InChI=1S/C18H25N3O4/c1-12(2)8-20(9-13(3)4)16(22)11-21-10-15(18(24)25-5)6-14(7-19)17(21)23/h6,10,12-13H,8-9,11H2,1-5H3. The predicted octanol–water partition coefficient (Wildman–Crippen LogP) is 1.65. The second-order valence-corrected chi connectivity index (χ2v) is 6.77. The Balaban J connectivity index is 3.18. The van der Waals surface area contributed by atoms with Gasteiger partial charge >= 0.3 is 5.97 Å². The molecule has 1 amide bonds. The Kier molecular flexibility index (Phi) is 7.37. The van der Waals surface area contributed by atoms with Gasteiger partial charge in [0, 0.05) is 19.3 Å². The molecule has 0 unspecified atom stereocenters. The average Bonchev–Trinajstić information content (AvgIpc) is 2.54. The third kappa shape index (κ3) is 5.75. The van der Waals surface area contributed by atoms with Gasteiger partial charge in [0.25, 0.3) is 5.56 Å². The number of aromatic nitrogens is 1. The second kappa shape index (κ2) is 9.02. The van der Waals surface area contributed by atoms with Crippen LogP contribution in [0.15, 0.2) is 17.1 Å². The van der Waals surface area contributed by atoms with Crippen molar-refractivity contribution in [3.63, 3.8) is 0 Å². The minimum atomic E-state index is -0.668. The molecule has 25 heavy (non-hydrogen) atoms. The molecular formula is C18H25N3O4. The maximum Gasteiger partial charge on any atom is 0.339 e. The molecule has 0 aromatic carbocycles. The highest BCUT2D eigenvalue weighted by molar-refractivity contribution is 5.89. The maximum absolute atomic E-state index is 12.7. The lowest BCUT2D eigenvalue weighted by molar-refractivity contribution is -0.133. The van der Waals surface area contributed by atoms with Crippen LogP contribution in [0.3, 0.4) is 0 Å². The smallest absolute Gasteiger partial charge is 0.339 e. The van der Waals surface area contributed by atoms with Crippen LogP contribution in [0.1, 0.15) is 43.6 Å². The van der Waals surface area contributed by atoms with Crippen molar-refractivity contribution in [2.45, 2.75) is 34.2 Å². The van der Waals surface area contributed by atoms with Crippen molar-refractivity contribution < 1.29 is 14.3 Å². The van der Waals surface area contributed by atoms with Crippen molar-refractivity contribution >= 4 is 11.9 Å². The Bertz CT molecular complexity index is 719. The van der Waals surface area contributed by atoms with E-state index in [0.29, 0.717) is 13.1 Å². The van der Waals surface area contributed by atoms with Gasteiger partial charge in [-0.3, -0.25) is 9.59 Å². The summed E-state index contributed by atoms with van der Waals surface area (Å²) >= 11 is 0.